The van der Waals surface area contributed by atoms with Gasteiger partial charge in [0, 0.05) is 23.2 Å². The number of aromatic nitrogens is 2. The van der Waals surface area contributed by atoms with Crippen LogP contribution in [0.5, 0.6) is 0 Å². The molecule has 18 heavy (non-hydrogen) atoms. The highest BCUT2D eigenvalue weighted by atomic mass is 14.7. The fraction of sp³-hybridized carbons (Fsp3) is 0.250. The molecule has 0 bridgehead atoms. The van der Waals surface area contributed by atoms with Gasteiger partial charge in [0.05, 0.1) is 11.0 Å². The number of nitrogens with zero attached hydrogens (tertiary/aromatic N) is 2. The summed E-state index contributed by atoms with van der Waals surface area (Å²) in [7, 11) is 0. The minimum absolute atomic E-state index is 1.02. The van der Waals surface area contributed by atoms with E-state index in [1.807, 2.05) is 12.4 Å². The molecule has 0 spiro atoms. The Morgan fingerprint density at radius 1 is 0.833 bits per heavy atom. The second-order valence-corrected chi connectivity index (χ2v) is 5.01. The van der Waals surface area contributed by atoms with Gasteiger partial charge in [-0.25, -0.2) is 0 Å². The first-order chi connectivity index (χ1) is 8.59. The van der Waals surface area contributed by atoms with Crippen molar-refractivity contribution in [1.29, 1.82) is 0 Å². The average Bonchev–Trinajstić information content (AvgIpc) is 2.34. The standard InChI is InChI=1S/C16H16N2/c1-9-5-6-17-16-14(9)10(2)7-13-12(4)11(3)8-18-15(13)16/h5-8H,1-4H3. The Hall–Kier alpha value is -1.96. The number of pyridine rings is 2. The van der Waals surface area contributed by atoms with Crippen molar-refractivity contribution in [2.24, 2.45) is 0 Å². The van der Waals surface area contributed by atoms with Gasteiger partial charge < -0.3 is 0 Å². The van der Waals surface area contributed by atoms with Crippen LogP contribution in [0.1, 0.15) is 22.3 Å². The number of benzene rings is 1. The van der Waals surface area contributed by atoms with Crippen LogP contribution in [-0.2, 0) is 0 Å². The molecule has 3 aromatic rings. The number of aryl methyl sites for hydroxylation is 4. The maximum absolute atomic E-state index is 4.59. The lowest BCUT2D eigenvalue weighted by molar-refractivity contribution is 1.27. The van der Waals surface area contributed by atoms with Crippen molar-refractivity contribution in [3.63, 3.8) is 0 Å². The first kappa shape index (κ1) is 11.1. The SMILES string of the molecule is Cc1cnc2c(cc(C)c3c(C)ccnc32)c1C. The zero-order valence-electron chi connectivity index (χ0n) is 11.2. The van der Waals surface area contributed by atoms with Gasteiger partial charge in [0.25, 0.3) is 0 Å². The zero-order chi connectivity index (χ0) is 12.9. The maximum Gasteiger partial charge on any atom is 0.0969 e. The van der Waals surface area contributed by atoms with E-state index < -0.39 is 0 Å². The summed E-state index contributed by atoms with van der Waals surface area (Å²) < 4.78 is 0. The first-order valence-electron chi connectivity index (χ1n) is 6.20. The minimum atomic E-state index is 1.02. The second kappa shape index (κ2) is 3.77. The summed E-state index contributed by atoms with van der Waals surface area (Å²) in [6.45, 7) is 8.54. The van der Waals surface area contributed by atoms with Crippen LogP contribution in [0.25, 0.3) is 21.8 Å². The summed E-state index contributed by atoms with van der Waals surface area (Å²) in [6.07, 6.45) is 3.81. The van der Waals surface area contributed by atoms with E-state index in [2.05, 4.69) is 49.8 Å². The van der Waals surface area contributed by atoms with Crippen molar-refractivity contribution in [3.8, 4) is 0 Å². The van der Waals surface area contributed by atoms with Gasteiger partial charge in [-0.15, -0.1) is 0 Å². The molecule has 0 aliphatic carbocycles. The van der Waals surface area contributed by atoms with Crippen LogP contribution >= 0.6 is 0 Å². The molecule has 0 atom stereocenters. The first-order valence-corrected chi connectivity index (χ1v) is 6.20. The van der Waals surface area contributed by atoms with E-state index in [0.29, 0.717) is 0 Å². The number of hydrogen-bond donors (Lipinski definition) is 0. The molecule has 90 valence electrons. The van der Waals surface area contributed by atoms with Crippen LogP contribution in [0, 0.1) is 27.7 Å². The molecule has 0 aliphatic heterocycles. The van der Waals surface area contributed by atoms with Crippen LogP contribution in [-0.4, -0.2) is 9.97 Å². The minimum Gasteiger partial charge on any atom is -0.254 e. The van der Waals surface area contributed by atoms with Crippen molar-refractivity contribution in [3.05, 3.63) is 46.8 Å². The van der Waals surface area contributed by atoms with Gasteiger partial charge in [0.2, 0.25) is 0 Å². The molecule has 0 saturated carbocycles. The van der Waals surface area contributed by atoms with Gasteiger partial charge in [0.15, 0.2) is 0 Å². The van der Waals surface area contributed by atoms with E-state index in [1.54, 1.807) is 0 Å². The van der Waals surface area contributed by atoms with Gasteiger partial charge >= 0.3 is 0 Å². The summed E-state index contributed by atoms with van der Waals surface area (Å²) in [5.41, 5.74) is 7.11. The topological polar surface area (TPSA) is 25.8 Å². The molecule has 0 unspecified atom stereocenters. The van der Waals surface area contributed by atoms with Crippen molar-refractivity contribution in [1.82, 2.24) is 9.97 Å². The smallest absolute Gasteiger partial charge is 0.0969 e. The third kappa shape index (κ3) is 1.42. The summed E-state index contributed by atoms with van der Waals surface area (Å²) in [6, 6.07) is 4.30. The van der Waals surface area contributed by atoms with E-state index in [-0.39, 0.29) is 0 Å². The van der Waals surface area contributed by atoms with Gasteiger partial charge in [-0.3, -0.25) is 9.97 Å². The van der Waals surface area contributed by atoms with Crippen LogP contribution < -0.4 is 0 Å². The third-order valence-corrected chi connectivity index (χ3v) is 3.78. The number of fused-ring (bicyclic) bond motifs is 3. The van der Waals surface area contributed by atoms with Crippen molar-refractivity contribution in [2.75, 3.05) is 0 Å². The summed E-state index contributed by atoms with van der Waals surface area (Å²) in [5, 5.41) is 2.46. The van der Waals surface area contributed by atoms with Gasteiger partial charge in [0.1, 0.15) is 0 Å². The molecule has 0 amide bonds. The molecule has 0 saturated heterocycles. The fourth-order valence-corrected chi connectivity index (χ4v) is 2.61. The lowest BCUT2D eigenvalue weighted by Gasteiger charge is -2.11. The molecule has 2 nitrogen and oxygen atoms in total. The maximum atomic E-state index is 4.59. The van der Waals surface area contributed by atoms with E-state index in [4.69, 9.17) is 0 Å². The molecular formula is C16H16N2. The summed E-state index contributed by atoms with van der Waals surface area (Å²) in [4.78, 5) is 9.13. The zero-order valence-corrected chi connectivity index (χ0v) is 11.2. The third-order valence-electron chi connectivity index (χ3n) is 3.78. The molecule has 0 aliphatic rings. The van der Waals surface area contributed by atoms with Crippen molar-refractivity contribution in [2.45, 2.75) is 27.7 Å². The molecule has 0 radical (unpaired) electrons. The molecule has 1 aromatic carbocycles. The molecule has 2 heterocycles. The second-order valence-electron chi connectivity index (χ2n) is 5.01. The van der Waals surface area contributed by atoms with Crippen LogP contribution in [0.3, 0.4) is 0 Å². The highest BCUT2D eigenvalue weighted by molar-refractivity contribution is 6.06. The quantitative estimate of drug-likeness (QED) is 0.551. The fourth-order valence-electron chi connectivity index (χ4n) is 2.61. The van der Waals surface area contributed by atoms with E-state index in [0.717, 1.165) is 11.0 Å². The van der Waals surface area contributed by atoms with Gasteiger partial charge in [-0.2, -0.15) is 0 Å². The molecule has 0 fully saturated rings. The molecule has 2 heteroatoms. The Balaban J connectivity index is 2.63. The van der Waals surface area contributed by atoms with Gasteiger partial charge in [-0.1, -0.05) is 0 Å². The Bertz CT molecular complexity index is 773. The lowest BCUT2D eigenvalue weighted by Crippen LogP contribution is -1.94. The summed E-state index contributed by atoms with van der Waals surface area (Å²) >= 11 is 0. The average molecular weight is 236 g/mol. The number of rotatable bonds is 0. The van der Waals surface area contributed by atoms with Crippen LogP contribution in [0.2, 0.25) is 0 Å². The Kier molecular flexibility index (Phi) is 2.34. The highest BCUT2D eigenvalue weighted by Crippen LogP contribution is 2.30. The Morgan fingerprint density at radius 3 is 2.39 bits per heavy atom. The predicted octanol–water partition coefficient (Wildman–Crippen LogP) is 4.02. The molecular weight excluding hydrogens is 220 g/mol. The van der Waals surface area contributed by atoms with E-state index >= 15 is 0 Å². The Labute approximate surface area is 107 Å². The van der Waals surface area contributed by atoms with Crippen LogP contribution in [0.15, 0.2) is 24.5 Å². The normalized spacial score (nSPS) is 11.3. The molecule has 2 aromatic heterocycles. The monoisotopic (exact) mass is 236 g/mol. The van der Waals surface area contributed by atoms with Crippen LogP contribution in [0.4, 0.5) is 0 Å². The van der Waals surface area contributed by atoms with Crippen molar-refractivity contribution >= 4 is 21.8 Å². The highest BCUT2D eigenvalue weighted by Gasteiger charge is 2.10. The summed E-state index contributed by atoms with van der Waals surface area (Å²) in [5.74, 6) is 0. The Morgan fingerprint density at radius 2 is 1.61 bits per heavy atom. The lowest BCUT2D eigenvalue weighted by atomic mass is 9.98. The molecule has 0 N–H and O–H groups in total. The van der Waals surface area contributed by atoms with Crippen molar-refractivity contribution < 1.29 is 0 Å². The van der Waals surface area contributed by atoms with E-state index in [1.165, 1.54) is 33.0 Å². The largest absolute Gasteiger partial charge is 0.254 e. The molecule has 3 rings (SSSR count). The van der Waals surface area contributed by atoms with Gasteiger partial charge in [-0.05, 0) is 62.1 Å². The predicted molar refractivity (Wildman–Crippen MR) is 76.0 cm³/mol. The van der Waals surface area contributed by atoms with E-state index in [9.17, 15) is 0 Å². The number of hydrogen-bond acceptors (Lipinski definition) is 2.